The Kier molecular flexibility index (Phi) is 2.99. The molecule has 1 rings (SSSR count). The topological polar surface area (TPSA) is 20.2 Å². The first-order chi connectivity index (χ1) is 5.52. The lowest BCUT2D eigenvalue weighted by molar-refractivity contribution is 0.198. The molecule has 65 valence electrons. The zero-order valence-electron chi connectivity index (χ0n) is 6.86. The molecule has 0 heterocycles. The van der Waals surface area contributed by atoms with Crippen LogP contribution < -0.4 is 0 Å². The minimum absolute atomic E-state index is 0.432. The van der Waals surface area contributed by atoms with Gasteiger partial charge in [-0.2, -0.15) is 0 Å². The summed E-state index contributed by atoms with van der Waals surface area (Å²) in [5.74, 6) is 0. The van der Waals surface area contributed by atoms with Gasteiger partial charge < -0.3 is 5.11 Å². The largest absolute Gasteiger partial charge is 0.389 e. The summed E-state index contributed by atoms with van der Waals surface area (Å²) in [6, 6.07) is 4.43. The van der Waals surface area contributed by atoms with Crippen LogP contribution in [0.1, 0.15) is 24.2 Å². The number of aliphatic hydroxyl groups excluding tert-OH is 1. The molecule has 0 amide bonds. The molecule has 0 aliphatic carbocycles. The highest BCUT2D eigenvalue weighted by Gasteiger charge is 2.09. The number of rotatable bonds is 1. The van der Waals surface area contributed by atoms with Gasteiger partial charge in [-0.1, -0.05) is 23.2 Å². The first-order valence-electron chi connectivity index (χ1n) is 3.58. The van der Waals surface area contributed by atoms with Crippen molar-refractivity contribution in [3.05, 3.63) is 33.3 Å². The molecule has 1 aromatic rings. The minimum atomic E-state index is -0.547. The van der Waals surface area contributed by atoms with Crippen LogP contribution in [0.3, 0.4) is 0 Å². The van der Waals surface area contributed by atoms with Gasteiger partial charge in [0.05, 0.1) is 16.1 Å². The number of hydrogen-bond donors (Lipinski definition) is 1. The average molecular weight is 204 g/mol. The van der Waals surface area contributed by atoms with Crippen molar-refractivity contribution >= 4 is 23.2 Å². The summed E-state index contributed by atoms with van der Waals surface area (Å²) in [7, 11) is 0. The van der Waals surface area contributed by atoms with Gasteiger partial charge in [-0.25, -0.2) is 0 Å². The molecule has 0 aliphatic heterocycles. The van der Waals surface area contributed by atoms with E-state index in [4.69, 9.17) is 23.2 Å². The molecule has 0 spiro atoms. The third kappa shape index (κ3) is 1.92. The molecule has 1 unspecified atom stereocenters. The summed E-state index contributed by atoms with van der Waals surface area (Å²) in [5.41, 5.74) is 1.58. The van der Waals surface area contributed by atoms with E-state index in [-0.39, 0.29) is 0 Å². The number of hydrogen-bond acceptors (Lipinski definition) is 1. The molecule has 0 saturated carbocycles. The Hall–Kier alpha value is -0.240. The SMILES string of the molecule is Cc1c(Cl)[c]c(Cl)cc1C(C)O. The lowest BCUT2D eigenvalue weighted by Gasteiger charge is -2.10. The standard InChI is InChI=1S/C9H9Cl2O/c1-5-8(6(2)12)3-7(10)4-9(5)11/h3,6,12H,1-2H3. The average Bonchev–Trinajstić information content (AvgIpc) is 1.96. The van der Waals surface area contributed by atoms with E-state index in [2.05, 4.69) is 6.07 Å². The molecule has 3 heteroatoms. The van der Waals surface area contributed by atoms with Crippen LogP contribution in [-0.2, 0) is 0 Å². The molecule has 0 fully saturated rings. The summed E-state index contributed by atoms with van der Waals surface area (Å²) in [6.07, 6.45) is -0.547. The molecule has 0 bridgehead atoms. The van der Waals surface area contributed by atoms with Crippen LogP contribution in [-0.4, -0.2) is 5.11 Å². The van der Waals surface area contributed by atoms with Crippen LogP contribution in [0.4, 0.5) is 0 Å². The van der Waals surface area contributed by atoms with Gasteiger partial charge in [0.15, 0.2) is 0 Å². The molecule has 1 N–H and O–H groups in total. The maximum atomic E-state index is 9.32. The number of halogens is 2. The van der Waals surface area contributed by atoms with Crippen molar-refractivity contribution in [3.8, 4) is 0 Å². The Morgan fingerprint density at radius 1 is 1.50 bits per heavy atom. The molecular weight excluding hydrogens is 195 g/mol. The van der Waals surface area contributed by atoms with E-state index >= 15 is 0 Å². The van der Waals surface area contributed by atoms with Gasteiger partial charge in [-0.05, 0) is 31.0 Å². The van der Waals surface area contributed by atoms with Crippen molar-refractivity contribution in [2.24, 2.45) is 0 Å². The second-order valence-electron chi connectivity index (χ2n) is 2.69. The van der Waals surface area contributed by atoms with Gasteiger partial charge in [0, 0.05) is 6.07 Å². The molecule has 1 radical (unpaired) electrons. The van der Waals surface area contributed by atoms with Gasteiger partial charge in [0.1, 0.15) is 0 Å². The Balaban J connectivity index is 3.28. The quantitative estimate of drug-likeness (QED) is 0.744. The lowest BCUT2D eigenvalue weighted by atomic mass is 10.0. The zero-order chi connectivity index (χ0) is 9.30. The molecule has 1 nitrogen and oxygen atoms in total. The second-order valence-corrected chi connectivity index (χ2v) is 3.47. The lowest BCUT2D eigenvalue weighted by Crippen LogP contribution is -1.95. The van der Waals surface area contributed by atoms with Crippen molar-refractivity contribution in [1.82, 2.24) is 0 Å². The Labute approximate surface area is 81.9 Å². The number of aliphatic hydroxyl groups is 1. The van der Waals surface area contributed by atoms with Gasteiger partial charge in [0.2, 0.25) is 0 Å². The number of benzene rings is 1. The van der Waals surface area contributed by atoms with Crippen molar-refractivity contribution in [2.75, 3.05) is 0 Å². The van der Waals surface area contributed by atoms with Crippen LogP contribution in [0.25, 0.3) is 0 Å². The minimum Gasteiger partial charge on any atom is -0.389 e. The van der Waals surface area contributed by atoms with E-state index in [9.17, 15) is 5.11 Å². The van der Waals surface area contributed by atoms with Crippen LogP contribution in [0.15, 0.2) is 6.07 Å². The summed E-state index contributed by atoms with van der Waals surface area (Å²) in [6.45, 7) is 3.51. The maximum absolute atomic E-state index is 9.32. The molecule has 1 atom stereocenters. The second kappa shape index (κ2) is 3.65. The Morgan fingerprint density at radius 3 is 2.58 bits per heavy atom. The molecule has 1 aromatic carbocycles. The zero-order valence-corrected chi connectivity index (χ0v) is 8.37. The van der Waals surface area contributed by atoms with Crippen LogP contribution in [0.2, 0.25) is 10.0 Å². The summed E-state index contributed by atoms with van der Waals surface area (Å²) < 4.78 is 0. The molecule has 12 heavy (non-hydrogen) atoms. The van der Waals surface area contributed by atoms with Gasteiger partial charge in [-0.15, -0.1) is 0 Å². The first kappa shape index (κ1) is 9.85. The Morgan fingerprint density at radius 2 is 2.08 bits per heavy atom. The monoisotopic (exact) mass is 203 g/mol. The fourth-order valence-corrected chi connectivity index (χ4v) is 1.51. The summed E-state index contributed by atoms with van der Waals surface area (Å²) in [5, 5.41) is 10.2. The van der Waals surface area contributed by atoms with E-state index in [1.165, 1.54) is 0 Å². The third-order valence-electron chi connectivity index (χ3n) is 1.72. The maximum Gasteiger partial charge on any atom is 0.0765 e. The molecule has 0 aliphatic rings. The molecular formula is C9H9Cl2O. The highest BCUT2D eigenvalue weighted by atomic mass is 35.5. The highest BCUT2D eigenvalue weighted by molar-refractivity contribution is 6.34. The predicted octanol–water partition coefficient (Wildman–Crippen LogP) is 3.16. The van der Waals surface area contributed by atoms with E-state index in [0.717, 1.165) is 11.1 Å². The summed E-state index contributed by atoms with van der Waals surface area (Å²) in [4.78, 5) is 0. The summed E-state index contributed by atoms with van der Waals surface area (Å²) >= 11 is 11.5. The van der Waals surface area contributed by atoms with Crippen molar-refractivity contribution in [3.63, 3.8) is 0 Å². The normalized spacial score (nSPS) is 13.1. The van der Waals surface area contributed by atoms with Crippen molar-refractivity contribution < 1.29 is 5.11 Å². The fourth-order valence-electron chi connectivity index (χ4n) is 1.04. The smallest absolute Gasteiger partial charge is 0.0765 e. The van der Waals surface area contributed by atoms with Gasteiger partial charge in [-0.3, -0.25) is 0 Å². The van der Waals surface area contributed by atoms with E-state index < -0.39 is 6.10 Å². The third-order valence-corrected chi connectivity index (χ3v) is 2.31. The van der Waals surface area contributed by atoms with E-state index in [1.807, 2.05) is 6.92 Å². The fraction of sp³-hybridized carbons (Fsp3) is 0.333. The van der Waals surface area contributed by atoms with Crippen LogP contribution in [0, 0.1) is 13.0 Å². The first-order valence-corrected chi connectivity index (χ1v) is 4.34. The van der Waals surface area contributed by atoms with Crippen LogP contribution >= 0.6 is 23.2 Å². The molecule has 0 saturated heterocycles. The Bertz CT molecular complexity index is 295. The van der Waals surface area contributed by atoms with Gasteiger partial charge >= 0.3 is 0 Å². The van der Waals surface area contributed by atoms with Crippen molar-refractivity contribution in [1.29, 1.82) is 0 Å². The molecule has 0 aromatic heterocycles. The van der Waals surface area contributed by atoms with E-state index in [0.29, 0.717) is 10.0 Å². The highest BCUT2D eigenvalue weighted by Crippen LogP contribution is 2.27. The van der Waals surface area contributed by atoms with Gasteiger partial charge in [0.25, 0.3) is 0 Å². The predicted molar refractivity (Wildman–Crippen MR) is 50.7 cm³/mol. The van der Waals surface area contributed by atoms with E-state index in [1.54, 1.807) is 13.0 Å². The van der Waals surface area contributed by atoms with Crippen LogP contribution in [0.5, 0.6) is 0 Å². The van der Waals surface area contributed by atoms with Crippen molar-refractivity contribution in [2.45, 2.75) is 20.0 Å².